The van der Waals surface area contributed by atoms with E-state index < -0.39 is 0 Å². The van der Waals surface area contributed by atoms with Crippen molar-refractivity contribution in [2.75, 3.05) is 44.7 Å². The molecule has 2 aliphatic rings. The van der Waals surface area contributed by atoms with Crippen LogP contribution in [0.1, 0.15) is 23.8 Å². The third-order valence-electron chi connectivity index (χ3n) is 7.60. The second-order valence-electron chi connectivity index (χ2n) is 10.4. The van der Waals surface area contributed by atoms with Crippen molar-refractivity contribution in [2.24, 2.45) is 0 Å². The molecule has 0 bridgehead atoms. The fourth-order valence-corrected chi connectivity index (χ4v) is 5.98. The molecule has 1 N–H and O–H groups in total. The molecule has 4 aromatic rings. The number of halogens is 1. The third-order valence-corrected chi connectivity index (χ3v) is 8.49. The number of morpholine rings is 1. The topological polar surface area (TPSA) is 70.6 Å². The van der Waals surface area contributed by atoms with Crippen molar-refractivity contribution in [1.82, 2.24) is 19.8 Å². The number of nitrogens with zero attached hydrogens (tertiary/aromatic N) is 4. The van der Waals surface area contributed by atoms with E-state index in [1.165, 1.54) is 23.5 Å². The van der Waals surface area contributed by atoms with Crippen molar-refractivity contribution < 1.29 is 13.9 Å². The zero-order valence-corrected chi connectivity index (χ0v) is 23.7. The molecule has 2 aromatic heterocycles. The molecular weight excluding hydrogens is 537 g/mol. The molecule has 1 unspecified atom stereocenters. The van der Waals surface area contributed by atoms with Crippen LogP contribution in [0.3, 0.4) is 0 Å². The number of hydrogen-bond acceptors (Lipinski definition) is 7. The predicted molar refractivity (Wildman–Crippen MR) is 161 cm³/mol. The highest BCUT2D eigenvalue weighted by atomic mass is 32.1. The van der Waals surface area contributed by atoms with Crippen molar-refractivity contribution in [1.29, 1.82) is 0 Å². The van der Waals surface area contributed by atoms with Crippen molar-refractivity contribution >= 4 is 35.2 Å². The summed E-state index contributed by atoms with van der Waals surface area (Å²) in [5, 5.41) is 7.72. The van der Waals surface area contributed by atoms with Crippen LogP contribution in [0.4, 0.5) is 10.1 Å². The Bertz CT molecular complexity index is 1640. The Morgan fingerprint density at radius 2 is 1.93 bits per heavy atom. The first kappa shape index (κ1) is 27.3. The van der Waals surface area contributed by atoms with Gasteiger partial charge in [-0.2, -0.15) is 0 Å². The summed E-state index contributed by atoms with van der Waals surface area (Å²) < 4.78 is 19.3. The van der Waals surface area contributed by atoms with E-state index in [-0.39, 0.29) is 11.7 Å². The minimum Gasteiger partial charge on any atom is -0.379 e. The average molecular weight is 570 g/mol. The average Bonchev–Trinajstić information content (AvgIpc) is 3.45. The highest BCUT2D eigenvalue weighted by Crippen LogP contribution is 2.28. The van der Waals surface area contributed by atoms with Gasteiger partial charge in [0.15, 0.2) is 0 Å². The molecule has 1 amide bonds. The largest absolute Gasteiger partial charge is 0.379 e. The summed E-state index contributed by atoms with van der Waals surface area (Å²) in [4.78, 5) is 27.0. The molecule has 0 spiro atoms. The van der Waals surface area contributed by atoms with Crippen molar-refractivity contribution in [3.8, 4) is 21.7 Å². The Morgan fingerprint density at radius 1 is 1.10 bits per heavy atom. The van der Waals surface area contributed by atoms with Gasteiger partial charge in [0.25, 0.3) is 5.91 Å². The zero-order chi connectivity index (χ0) is 28.2. The molecule has 210 valence electrons. The Morgan fingerprint density at radius 3 is 2.71 bits per heavy atom. The predicted octanol–water partition coefficient (Wildman–Crippen LogP) is 4.21. The second kappa shape index (κ2) is 12.3. The van der Waals surface area contributed by atoms with Gasteiger partial charge in [0, 0.05) is 73.0 Å². The van der Waals surface area contributed by atoms with Crippen LogP contribution >= 0.6 is 11.3 Å². The number of amides is 1. The van der Waals surface area contributed by atoms with Gasteiger partial charge in [0.2, 0.25) is 0 Å². The van der Waals surface area contributed by atoms with Crippen LogP contribution in [0.15, 0.2) is 66.3 Å². The molecule has 9 heteroatoms. The van der Waals surface area contributed by atoms with Gasteiger partial charge in [0.1, 0.15) is 16.5 Å². The Kier molecular flexibility index (Phi) is 8.18. The van der Waals surface area contributed by atoms with E-state index in [0.717, 1.165) is 77.9 Å². The lowest BCUT2D eigenvalue weighted by molar-refractivity contribution is 0.0349. The summed E-state index contributed by atoms with van der Waals surface area (Å²) in [6.45, 7) is 7.61. The van der Waals surface area contributed by atoms with E-state index in [1.54, 1.807) is 29.9 Å². The van der Waals surface area contributed by atoms with Crippen LogP contribution in [0.2, 0.25) is 0 Å². The Balaban J connectivity index is 1.34. The maximum Gasteiger partial charge on any atom is 0.275 e. The van der Waals surface area contributed by atoms with E-state index in [1.807, 2.05) is 18.2 Å². The first-order valence-electron chi connectivity index (χ1n) is 13.9. The molecule has 0 aliphatic carbocycles. The Labute approximate surface area is 242 Å². The molecule has 41 heavy (non-hydrogen) atoms. The smallest absolute Gasteiger partial charge is 0.275 e. The number of aromatic nitrogens is 2. The van der Waals surface area contributed by atoms with Gasteiger partial charge in [-0.25, -0.2) is 9.37 Å². The summed E-state index contributed by atoms with van der Waals surface area (Å²) in [6.07, 6.45) is 8.80. The molecule has 2 aromatic carbocycles. The number of carbonyl (C=O) groups is 1. The number of carbonyl (C=O) groups excluding carboxylic acids is 1. The lowest BCUT2D eigenvalue weighted by Crippen LogP contribution is -2.42. The summed E-state index contributed by atoms with van der Waals surface area (Å²) in [6, 6.07) is 14.6. The lowest BCUT2D eigenvalue weighted by Gasteiger charge is -2.32. The molecule has 4 heterocycles. The van der Waals surface area contributed by atoms with Crippen LogP contribution < -0.4 is 15.8 Å². The normalized spacial score (nSPS) is 17.2. The number of rotatable bonds is 7. The fourth-order valence-electron chi connectivity index (χ4n) is 5.19. The molecular formula is C32H32FN5O2S. The number of pyridine rings is 1. The lowest BCUT2D eigenvalue weighted by atomic mass is 10.0. The molecule has 0 radical (unpaired) electrons. The number of fused-ring (bicyclic) bond motifs is 1. The number of hydrogen-bond donors (Lipinski definition) is 1. The SMILES string of the molecule is CC1CC=c2cc(-c3ccc(F)cc3)c(NC(=O)c3csc(-c4cccnc4)n3)cc2=CN1CCN1CCOCC1. The number of ether oxygens (including phenoxy) is 1. The van der Waals surface area contributed by atoms with E-state index in [4.69, 9.17) is 4.74 Å². The zero-order valence-electron chi connectivity index (χ0n) is 22.9. The monoisotopic (exact) mass is 569 g/mol. The highest BCUT2D eigenvalue weighted by molar-refractivity contribution is 7.13. The van der Waals surface area contributed by atoms with Crippen LogP contribution in [0, 0.1) is 5.82 Å². The minimum atomic E-state index is -0.302. The standard InChI is InChI=1S/C32H32FN5O2S/c1-22-4-5-24-17-28(23-6-8-27(33)9-7-23)29(18-26(24)20-38(22)12-11-37-13-15-40-16-14-37)35-31(39)30-21-41-32(36-30)25-3-2-10-34-19-25/h2-3,5-10,17-22H,4,11-16H2,1H3,(H,35,39). The number of nitrogens with one attached hydrogen (secondary N) is 1. The molecule has 1 fully saturated rings. The third kappa shape index (κ3) is 6.37. The molecule has 6 rings (SSSR count). The summed E-state index contributed by atoms with van der Waals surface area (Å²) >= 11 is 1.40. The van der Waals surface area contributed by atoms with Gasteiger partial charge in [-0.3, -0.25) is 14.7 Å². The van der Waals surface area contributed by atoms with E-state index in [2.05, 4.69) is 50.4 Å². The fraction of sp³-hybridized carbons (Fsp3) is 0.281. The van der Waals surface area contributed by atoms with Crippen molar-refractivity contribution in [2.45, 2.75) is 19.4 Å². The molecule has 7 nitrogen and oxygen atoms in total. The van der Waals surface area contributed by atoms with Crippen LogP contribution in [0.25, 0.3) is 34.0 Å². The van der Waals surface area contributed by atoms with Gasteiger partial charge < -0.3 is 15.0 Å². The van der Waals surface area contributed by atoms with Crippen LogP contribution in [0.5, 0.6) is 0 Å². The quantitative estimate of drug-likeness (QED) is 0.360. The second-order valence-corrected chi connectivity index (χ2v) is 11.2. The van der Waals surface area contributed by atoms with Gasteiger partial charge in [-0.1, -0.05) is 18.2 Å². The minimum absolute atomic E-state index is 0.296. The van der Waals surface area contributed by atoms with E-state index >= 15 is 0 Å². The number of benzene rings is 2. The summed E-state index contributed by atoms with van der Waals surface area (Å²) in [7, 11) is 0. The first-order valence-corrected chi connectivity index (χ1v) is 14.8. The van der Waals surface area contributed by atoms with Crippen molar-refractivity contribution in [3.05, 3.63) is 88.3 Å². The number of thiazole rings is 1. The molecule has 1 atom stereocenters. The maximum absolute atomic E-state index is 13.8. The van der Waals surface area contributed by atoms with Gasteiger partial charge >= 0.3 is 0 Å². The summed E-state index contributed by atoms with van der Waals surface area (Å²) in [5.41, 5.74) is 3.52. The van der Waals surface area contributed by atoms with Crippen LogP contribution in [-0.2, 0) is 4.74 Å². The van der Waals surface area contributed by atoms with Gasteiger partial charge in [-0.05, 0) is 65.7 Å². The maximum atomic E-state index is 13.8. The van der Waals surface area contributed by atoms with Gasteiger partial charge in [-0.15, -0.1) is 11.3 Å². The molecule has 2 aliphatic heterocycles. The molecule has 1 saturated heterocycles. The Hall–Kier alpha value is -3.92. The van der Waals surface area contributed by atoms with E-state index in [0.29, 0.717) is 17.4 Å². The molecule has 0 saturated carbocycles. The van der Waals surface area contributed by atoms with Crippen LogP contribution in [-0.4, -0.2) is 71.1 Å². The van der Waals surface area contributed by atoms with Gasteiger partial charge in [0.05, 0.1) is 13.2 Å². The summed E-state index contributed by atoms with van der Waals surface area (Å²) in [5.74, 6) is -0.598. The number of anilines is 1. The first-order chi connectivity index (χ1) is 20.0. The van der Waals surface area contributed by atoms with E-state index in [9.17, 15) is 9.18 Å². The highest BCUT2D eigenvalue weighted by Gasteiger charge is 2.18. The van der Waals surface area contributed by atoms with Crippen molar-refractivity contribution in [3.63, 3.8) is 0 Å².